The number of hydrogen-bond acceptors (Lipinski definition) is 6. The normalized spacial score (nSPS) is 14.6. The number of carbonyl (C=O) groups excluding carboxylic acids is 3. The van der Waals surface area contributed by atoms with Crippen LogP contribution in [-0.2, 0) is 9.59 Å². The van der Waals surface area contributed by atoms with Crippen molar-refractivity contribution in [3.05, 3.63) is 70.1 Å². The van der Waals surface area contributed by atoms with Crippen molar-refractivity contribution in [1.29, 1.82) is 0 Å². The molecule has 1 fully saturated rings. The van der Waals surface area contributed by atoms with E-state index >= 15 is 0 Å². The van der Waals surface area contributed by atoms with Crippen molar-refractivity contribution < 1.29 is 19.1 Å². The van der Waals surface area contributed by atoms with Gasteiger partial charge in [0.25, 0.3) is 11.8 Å². The lowest BCUT2D eigenvalue weighted by molar-refractivity contribution is -0.124. The third-order valence-electron chi connectivity index (χ3n) is 4.76. The highest BCUT2D eigenvalue weighted by atomic mass is 32.2. The summed E-state index contributed by atoms with van der Waals surface area (Å²) in [5, 5.41) is 0. The average Bonchev–Trinajstić information content (AvgIpc) is 3.05. The van der Waals surface area contributed by atoms with Crippen LogP contribution in [0, 0.1) is 6.92 Å². The van der Waals surface area contributed by atoms with Crippen LogP contribution in [0.2, 0.25) is 0 Å². The summed E-state index contributed by atoms with van der Waals surface area (Å²) < 4.78 is 5.66. The summed E-state index contributed by atoms with van der Waals surface area (Å²) in [6.07, 6.45) is 2.32. The molecule has 3 rings (SSSR count). The highest BCUT2D eigenvalue weighted by Crippen LogP contribution is 2.33. The van der Waals surface area contributed by atoms with E-state index in [4.69, 9.17) is 17.0 Å². The van der Waals surface area contributed by atoms with E-state index in [0.29, 0.717) is 33.5 Å². The lowest BCUT2D eigenvalue weighted by Crippen LogP contribution is -2.42. The molecule has 3 amide bonds. The Morgan fingerprint density at radius 3 is 2.69 bits per heavy atom. The van der Waals surface area contributed by atoms with Crippen LogP contribution in [0.3, 0.4) is 0 Å². The van der Waals surface area contributed by atoms with E-state index in [9.17, 15) is 14.4 Å². The van der Waals surface area contributed by atoms with Crippen LogP contribution >= 0.6 is 24.0 Å². The van der Waals surface area contributed by atoms with Gasteiger partial charge in [-0.25, -0.2) is 0 Å². The first-order valence-electron chi connectivity index (χ1n) is 9.93. The Balaban J connectivity index is 1.48. The number of carbonyl (C=O) groups is 3. The third-order valence-corrected chi connectivity index (χ3v) is 6.13. The number of rotatable bonds is 7. The van der Waals surface area contributed by atoms with Gasteiger partial charge in [0.2, 0.25) is 5.91 Å². The molecule has 166 valence electrons. The molecule has 32 heavy (non-hydrogen) atoms. The van der Waals surface area contributed by atoms with Gasteiger partial charge in [0.1, 0.15) is 10.1 Å². The van der Waals surface area contributed by atoms with E-state index in [1.807, 2.05) is 43.3 Å². The number of nitrogens with zero attached hydrogens (tertiary/aromatic N) is 1. The zero-order valence-electron chi connectivity index (χ0n) is 17.7. The summed E-state index contributed by atoms with van der Waals surface area (Å²) in [7, 11) is 1.59. The van der Waals surface area contributed by atoms with Gasteiger partial charge in [0.15, 0.2) is 0 Å². The quantitative estimate of drug-likeness (QED) is 0.367. The first-order valence-corrected chi connectivity index (χ1v) is 11.2. The van der Waals surface area contributed by atoms with Gasteiger partial charge in [-0.3, -0.25) is 30.1 Å². The fourth-order valence-corrected chi connectivity index (χ4v) is 4.37. The van der Waals surface area contributed by atoms with Crippen molar-refractivity contribution in [2.24, 2.45) is 0 Å². The molecule has 1 aliphatic rings. The van der Waals surface area contributed by atoms with Gasteiger partial charge in [-0.05, 0) is 48.7 Å². The number of ether oxygens (including phenoxy) is 1. The predicted octanol–water partition coefficient (Wildman–Crippen LogP) is 3.45. The summed E-state index contributed by atoms with van der Waals surface area (Å²) in [6, 6.07) is 14.5. The Labute approximate surface area is 196 Å². The van der Waals surface area contributed by atoms with Gasteiger partial charge < -0.3 is 4.74 Å². The largest absolute Gasteiger partial charge is 0.497 e. The van der Waals surface area contributed by atoms with Crippen LogP contribution in [-0.4, -0.2) is 40.6 Å². The fraction of sp³-hybridized carbons (Fsp3) is 0.217. The highest BCUT2D eigenvalue weighted by Gasteiger charge is 2.31. The molecule has 0 aromatic heterocycles. The minimum absolute atomic E-state index is 0.139. The Morgan fingerprint density at radius 2 is 1.94 bits per heavy atom. The summed E-state index contributed by atoms with van der Waals surface area (Å²) in [5.74, 6) is -0.203. The highest BCUT2D eigenvalue weighted by molar-refractivity contribution is 8.26. The number of hydrazine groups is 1. The van der Waals surface area contributed by atoms with E-state index in [1.54, 1.807) is 25.3 Å². The van der Waals surface area contributed by atoms with Crippen LogP contribution in [0.1, 0.15) is 34.3 Å². The zero-order valence-corrected chi connectivity index (χ0v) is 19.3. The van der Waals surface area contributed by atoms with Crippen molar-refractivity contribution in [1.82, 2.24) is 15.8 Å². The van der Waals surface area contributed by atoms with Gasteiger partial charge in [-0.15, -0.1) is 0 Å². The number of thioether (sulfide) groups is 1. The molecule has 1 saturated heterocycles. The van der Waals surface area contributed by atoms with Crippen LogP contribution in [0.4, 0.5) is 0 Å². The van der Waals surface area contributed by atoms with Crippen molar-refractivity contribution in [2.45, 2.75) is 19.8 Å². The lowest BCUT2D eigenvalue weighted by atomic mass is 10.1. The number of methoxy groups -OCH3 is 1. The number of hydrogen-bond donors (Lipinski definition) is 2. The molecule has 0 unspecified atom stereocenters. The second-order valence-electron chi connectivity index (χ2n) is 7.03. The lowest BCUT2D eigenvalue weighted by Gasteiger charge is -2.14. The molecule has 1 heterocycles. The van der Waals surface area contributed by atoms with Gasteiger partial charge in [0, 0.05) is 18.5 Å². The van der Waals surface area contributed by atoms with Gasteiger partial charge >= 0.3 is 0 Å². The average molecular weight is 470 g/mol. The second-order valence-corrected chi connectivity index (χ2v) is 8.71. The monoisotopic (exact) mass is 469 g/mol. The molecule has 2 aromatic rings. The number of nitrogens with one attached hydrogen (secondary N) is 2. The number of benzene rings is 2. The van der Waals surface area contributed by atoms with Crippen molar-refractivity contribution in [3.63, 3.8) is 0 Å². The molecular formula is C23H23N3O4S2. The maximum Gasteiger partial charge on any atom is 0.269 e. The molecule has 2 aromatic carbocycles. The van der Waals surface area contributed by atoms with Crippen LogP contribution in [0.15, 0.2) is 53.4 Å². The summed E-state index contributed by atoms with van der Waals surface area (Å²) >= 11 is 6.57. The van der Waals surface area contributed by atoms with Crippen LogP contribution in [0.5, 0.6) is 5.75 Å². The van der Waals surface area contributed by atoms with Crippen molar-refractivity contribution in [3.8, 4) is 5.75 Å². The SMILES string of the molecule is COc1cccc(/C=C2\SC(=S)N(CCCC(=O)NNC(=O)c3ccccc3C)C2=O)c1. The maximum absolute atomic E-state index is 12.7. The molecule has 1 aliphatic heterocycles. The molecular weight excluding hydrogens is 446 g/mol. The number of thiocarbonyl (C=S) groups is 1. The molecule has 2 N–H and O–H groups in total. The third kappa shape index (κ3) is 5.95. The topological polar surface area (TPSA) is 87.7 Å². The van der Waals surface area contributed by atoms with Gasteiger partial charge in [-0.1, -0.05) is 54.3 Å². The molecule has 0 radical (unpaired) electrons. The Hall–Kier alpha value is -3.17. The Bertz CT molecular complexity index is 1080. The summed E-state index contributed by atoms with van der Waals surface area (Å²) in [5.41, 5.74) is 6.97. The van der Waals surface area contributed by atoms with Crippen molar-refractivity contribution in [2.75, 3.05) is 13.7 Å². The molecule has 0 bridgehead atoms. The molecule has 0 spiro atoms. The standard InChI is InChI=1S/C23H23N3O4S2/c1-15-7-3-4-10-18(15)21(28)25-24-20(27)11-6-12-26-22(29)19(32-23(26)31)14-16-8-5-9-17(13-16)30-2/h3-5,7-10,13-14H,6,11-12H2,1-2H3,(H,24,27)(H,25,28)/b19-14-. The minimum Gasteiger partial charge on any atom is -0.497 e. The molecule has 0 atom stereocenters. The fourth-order valence-electron chi connectivity index (χ4n) is 3.06. The first kappa shape index (κ1) is 23.5. The number of amides is 3. The van der Waals surface area contributed by atoms with E-state index < -0.39 is 0 Å². The van der Waals surface area contributed by atoms with Gasteiger partial charge in [0.05, 0.1) is 12.0 Å². The Morgan fingerprint density at radius 1 is 1.16 bits per heavy atom. The number of aryl methyl sites for hydroxylation is 1. The predicted molar refractivity (Wildman–Crippen MR) is 129 cm³/mol. The smallest absolute Gasteiger partial charge is 0.269 e. The van der Waals surface area contributed by atoms with E-state index in [-0.39, 0.29) is 24.1 Å². The van der Waals surface area contributed by atoms with Gasteiger partial charge in [-0.2, -0.15) is 0 Å². The molecule has 7 nitrogen and oxygen atoms in total. The molecule has 0 saturated carbocycles. The van der Waals surface area contributed by atoms with E-state index in [2.05, 4.69) is 10.9 Å². The van der Waals surface area contributed by atoms with Crippen LogP contribution < -0.4 is 15.6 Å². The first-order chi connectivity index (χ1) is 15.4. The maximum atomic E-state index is 12.7. The van der Waals surface area contributed by atoms with Crippen molar-refractivity contribution >= 4 is 52.1 Å². The Kier molecular flexibility index (Phi) is 8.02. The molecule has 0 aliphatic carbocycles. The minimum atomic E-state index is -0.379. The van der Waals surface area contributed by atoms with E-state index in [0.717, 1.165) is 11.1 Å². The zero-order chi connectivity index (χ0) is 23.1. The molecule has 9 heteroatoms. The second kappa shape index (κ2) is 10.9. The summed E-state index contributed by atoms with van der Waals surface area (Å²) in [6.45, 7) is 2.14. The summed E-state index contributed by atoms with van der Waals surface area (Å²) in [4.78, 5) is 39.0. The van der Waals surface area contributed by atoms with E-state index in [1.165, 1.54) is 16.7 Å². The van der Waals surface area contributed by atoms with Crippen LogP contribution in [0.25, 0.3) is 6.08 Å².